The highest BCUT2D eigenvalue weighted by atomic mass is 16.6. The Morgan fingerprint density at radius 2 is 1.74 bits per heavy atom. The fourth-order valence-corrected chi connectivity index (χ4v) is 2.05. The van der Waals surface area contributed by atoms with E-state index in [1.54, 1.807) is 43.3 Å². The van der Waals surface area contributed by atoms with Crippen LogP contribution in [0.5, 0.6) is 11.5 Å². The summed E-state index contributed by atoms with van der Waals surface area (Å²) in [4.78, 5) is 23.2. The second-order valence-corrected chi connectivity index (χ2v) is 5.20. The fourth-order valence-electron chi connectivity index (χ4n) is 2.05. The van der Waals surface area contributed by atoms with E-state index in [-0.39, 0.29) is 5.78 Å². The zero-order valence-corrected chi connectivity index (χ0v) is 13.2. The average molecular weight is 313 g/mol. The molecule has 120 valence electrons. The number of anilines is 1. The second kappa shape index (κ2) is 7.45. The number of aryl methyl sites for hydroxylation is 1. The summed E-state index contributed by atoms with van der Waals surface area (Å²) in [5, 5.41) is 0. The van der Waals surface area contributed by atoms with Gasteiger partial charge in [-0.2, -0.15) is 0 Å². The van der Waals surface area contributed by atoms with Crippen molar-refractivity contribution in [3.8, 4) is 11.5 Å². The van der Waals surface area contributed by atoms with Gasteiger partial charge in [0.1, 0.15) is 5.78 Å². The van der Waals surface area contributed by atoms with Crippen LogP contribution in [0.3, 0.4) is 0 Å². The highest BCUT2D eigenvalue weighted by Gasteiger charge is 2.13. The molecule has 5 nitrogen and oxygen atoms in total. The van der Waals surface area contributed by atoms with E-state index in [0.29, 0.717) is 35.6 Å². The zero-order chi connectivity index (χ0) is 16.8. The van der Waals surface area contributed by atoms with Gasteiger partial charge in [-0.15, -0.1) is 0 Å². The minimum Gasteiger partial charge on any atom is -0.493 e. The summed E-state index contributed by atoms with van der Waals surface area (Å²) in [5.41, 5.74) is 7.53. The highest BCUT2D eigenvalue weighted by Crippen LogP contribution is 2.29. The first kappa shape index (κ1) is 16.5. The Balaban J connectivity index is 2.14. The van der Waals surface area contributed by atoms with Crippen molar-refractivity contribution in [2.75, 3.05) is 12.8 Å². The lowest BCUT2D eigenvalue weighted by Crippen LogP contribution is -2.09. The highest BCUT2D eigenvalue weighted by molar-refractivity contribution is 5.91. The molecule has 2 N–H and O–H groups in total. The van der Waals surface area contributed by atoms with E-state index in [2.05, 4.69) is 0 Å². The van der Waals surface area contributed by atoms with E-state index in [1.165, 1.54) is 7.11 Å². The lowest BCUT2D eigenvalue weighted by Gasteiger charge is -2.11. The summed E-state index contributed by atoms with van der Waals surface area (Å²) >= 11 is 0. The molecule has 0 saturated heterocycles. The molecule has 0 aliphatic heterocycles. The van der Waals surface area contributed by atoms with Crippen LogP contribution in [0.1, 0.15) is 29.3 Å². The fraction of sp³-hybridized carbons (Fsp3) is 0.222. The predicted octanol–water partition coefficient (Wildman–Crippen LogP) is 3.02. The van der Waals surface area contributed by atoms with Crippen LogP contribution in [0.2, 0.25) is 0 Å². The number of methoxy groups -OCH3 is 1. The minimum atomic E-state index is -0.486. The molecule has 2 aromatic carbocycles. The SMILES string of the molecule is COc1cc(CCC(C)=O)ccc1OC(=O)c1ccc(N)cc1. The number of nitrogen functional groups attached to an aromatic ring is 1. The Morgan fingerprint density at radius 1 is 1.04 bits per heavy atom. The predicted molar refractivity (Wildman–Crippen MR) is 87.8 cm³/mol. The molecule has 0 fully saturated rings. The Kier molecular flexibility index (Phi) is 5.36. The van der Waals surface area contributed by atoms with Crippen molar-refractivity contribution >= 4 is 17.4 Å². The van der Waals surface area contributed by atoms with Crippen molar-refractivity contribution in [1.82, 2.24) is 0 Å². The normalized spacial score (nSPS) is 10.2. The number of carbonyl (C=O) groups is 2. The van der Waals surface area contributed by atoms with Crippen LogP contribution in [-0.2, 0) is 11.2 Å². The molecule has 0 heterocycles. The largest absolute Gasteiger partial charge is 0.493 e. The molecular formula is C18H19NO4. The van der Waals surface area contributed by atoms with E-state index in [4.69, 9.17) is 15.2 Å². The van der Waals surface area contributed by atoms with Crippen LogP contribution in [-0.4, -0.2) is 18.9 Å². The van der Waals surface area contributed by atoms with Crippen molar-refractivity contribution in [3.05, 3.63) is 53.6 Å². The van der Waals surface area contributed by atoms with E-state index in [0.717, 1.165) is 5.56 Å². The summed E-state index contributed by atoms with van der Waals surface area (Å²) in [6.07, 6.45) is 1.09. The van der Waals surface area contributed by atoms with Crippen molar-refractivity contribution < 1.29 is 19.1 Å². The molecule has 0 unspecified atom stereocenters. The van der Waals surface area contributed by atoms with Crippen LogP contribution < -0.4 is 15.2 Å². The zero-order valence-electron chi connectivity index (χ0n) is 13.2. The third-order valence-corrected chi connectivity index (χ3v) is 3.34. The van der Waals surface area contributed by atoms with Gasteiger partial charge in [-0.05, 0) is 55.3 Å². The van der Waals surface area contributed by atoms with Crippen LogP contribution >= 0.6 is 0 Å². The van der Waals surface area contributed by atoms with Crippen molar-refractivity contribution in [2.24, 2.45) is 0 Å². The number of hydrogen-bond acceptors (Lipinski definition) is 5. The van der Waals surface area contributed by atoms with Gasteiger partial charge < -0.3 is 20.0 Å². The molecule has 0 amide bonds. The topological polar surface area (TPSA) is 78.6 Å². The molecule has 0 aromatic heterocycles. The maximum Gasteiger partial charge on any atom is 0.343 e. The molecule has 2 aromatic rings. The monoisotopic (exact) mass is 313 g/mol. The van der Waals surface area contributed by atoms with Gasteiger partial charge >= 0.3 is 5.97 Å². The molecule has 0 aliphatic rings. The quantitative estimate of drug-likeness (QED) is 0.504. The second-order valence-electron chi connectivity index (χ2n) is 5.20. The summed E-state index contributed by atoms with van der Waals surface area (Å²) in [6, 6.07) is 11.7. The Hall–Kier alpha value is -2.82. The Bertz CT molecular complexity index is 707. The number of carbonyl (C=O) groups excluding carboxylic acids is 2. The van der Waals surface area contributed by atoms with Crippen LogP contribution in [0.4, 0.5) is 5.69 Å². The van der Waals surface area contributed by atoms with E-state index < -0.39 is 5.97 Å². The van der Waals surface area contributed by atoms with Gasteiger partial charge in [0.05, 0.1) is 12.7 Å². The smallest absolute Gasteiger partial charge is 0.343 e. The molecule has 0 saturated carbocycles. The molecule has 2 rings (SSSR count). The van der Waals surface area contributed by atoms with E-state index >= 15 is 0 Å². The number of rotatable bonds is 6. The standard InChI is InChI=1S/C18H19NO4/c1-12(20)3-4-13-5-10-16(17(11-13)22-2)23-18(21)14-6-8-15(19)9-7-14/h5-11H,3-4,19H2,1-2H3. The van der Waals surface area contributed by atoms with Gasteiger partial charge in [0, 0.05) is 12.1 Å². The molecule has 23 heavy (non-hydrogen) atoms. The molecule has 0 bridgehead atoms. The number of Topliss-reactive ketones (excluding diaryl/α,β-unsaturated/α-hetero) is 1. The maximum absolute atomic E-state index is 12.1. The number of esters is 1. The summed E-state index contributed by atoms with van der Waals surface area (Å²) in [5.74, 6) is 0.429. The summed E-state index contributed by atoms with van der Waals surface area (Å²) < 4.78 is 10.6. The third kappa shape index (κ3) is 4.57. The van der Waals surface area contributed by atoms with Crippen molar-refractivity contribution in [3.63, 3.8) is 0 Å². The third-order valence-electron chi connectivity index (χ3n) is 3.34. The van der Waals surface area contributed by atoms with Gasteiger partial charge in [-0.1, -0.05) is 6.07 Å². The first-order valence-corrected chi connectivity index (χ1v) is 7.23. The van der Waals surface area contributed by atoms with Gasteiger partial charge in [-0.3, -0.25) is 0 Å². The molecular weight excluding hydrogens is 294 g/mol. The minimum absolute atomic E-state index is 0.128. The molecule has 0 aliphatic carbocycles. The van der Waals surface area contributed by atoms with Crippen molar-refractivity contribution in [1.29, 1.82) is 0 Å². The number of benzene rings is 2. The first-order valence-electron chi connectivity index (χ1n) is 7.23. The lowest BCUT2D eigenvalue weighted by atomic mass is 10.1. The van der Waals surface area contributed by atoms with Crippen LogP contribution in [0.15, 0.2) is 42.5 Å². The van der Waals surface area contributed by atoms with Crippen LogP contribution in [0.25, 0.3) is 0 Å². The number of nitrogens with two attached hydrogens (primary N) is 1. The Morgan fingerprint density at radius 3 is 2.35 bits per heavy atom. The summed E-state index contributed by atoms with van der Waals surface area (Å²) in [6.45, 7) is 1.56. The number of ketones is 1. The Labute approximate surface area is 135 Å². The van der Waals surface area contributed by atoms with E-state index in [9.17, 15) is 9.59 Å². The average Bonchev–Trinajstić information content (AvgIpc) is 2.54. The van der Waals surface area contributed by atoms with Gasteiger partial charge in [0.25, 0.3) is 0 Å². The molecule has 0 radical (unpaired) electrons. The number of hydrogen-bond donors (Lipinski definition) is 1. The van der Waals surface area contributed by atoms with Crippen LogP contribution in [0, 0.1) is 0 Å². The first-order chi connectivity index (χ1) is 11.0. The number of ether oxygens (including phenoxy) is 2. The van der Waals surface area contributed by atoms with E-state index in [1.807, 2.05) is 6.07 Å². The van der Waals surface area contributed by atoms with Crippen molar-refractivity contribution in [2.45, 2.75) is 19.8 Å². The van der Waals surface area contributed by atoms with Gasteiger partial charge in [0.2, 0.25) is 0 Å². The van der Waals surface area contributed by atoms with Gasteiger partial charge in [0.15, 0.2) is 11.5 Å². The maximum atomic E-state index is 12.1. The van der Waals surface area contributed by atoms with Gasteiger partial charge in [-0.25, -0.2) is 4.79 Å². The molecule has 0 spiro atoms. The summed E-state index contributed by atoms with van der Waals surface area (Å²) in [7, 11) is 1.50. The molecule has 5 heteroatoms. The lowest BCUT2D eigenvalue weighted by molar-refractivity contribution is -0.116. The molecule has 0 atom stereocenters.